The molecule has 1 aromatic heterocycles. The van der Waals surface area contributed by atoms with Crippen LogP contribution in [0.4, 0.5) is 0 Å². The van der Waals surface area contributed by atoms with E-state index in [9.17, 15) is 4.79 Å². The molecule has 0 saturated carbocycles. The van der Waals surface area contributed by atoms with Gasteiger partial charge in [0.1, 0.15) is 6.61 Å². The van der Waals surface area contributed by atoms with Crippen molar-refractivity contribution in [3.8, 4) is 11.5 Å². The molecule has 0 radical (unpaired) electrons. The molecule has 2 aromatic carbocycles. The number of amides is 1. The standard InChI is InChI=1S/C24H24BrIN4O3S/c1-4-32-21-11-18(10-20(25)23(21)33-13-17-5-7-19(26)8-6-17)12-27-30-22(31)14-34-24-28-15(2)9-16(3)29-24/h5-12H,4,13-14H2,1-3H3,(H,30,31)/b27-12-. The highest BCUT2D eigenvalue weighted by molar-refractivity contribution is 14.1. The number of halogens is 2. The van der Waals surface area contributed by atoms with Crippen LogP contribution >= 0.6 is 50.3 Å². The van der Waals surface area contributed by atoms with Crippen LogP contribution in [0.1, 0.15) is 29.4 Å². The van der Waals surface area contributed by atoms with Crippen molar-refractivity contribution in [2.75, 3.05) is 12.4 Å². The number of hydrogen-bond donors (Lipinski definition) is 1. The average Bonchev–Trinajstić information content (AvgIpc) is 2.78. The molecule has 0 fully saturated rings. The lowest BCUT2D eigenvalue weighted by Gasteiger charge is -2.14. The van der Waals surface area contributed by atoms with Crippen LogP contribution in [-0.4, -0.2) is 34.4 Å². The summed E-state index contributed by atoms with van der Waals surface area (Å²) in [5, 5.41) is 4.64. The van der Waals surface area contributed by atoms with Gasteiger partial charge in [-0.25, -0.2) is 15.4 Å². The Bertz CT molecular complexity index is 1160. The van der Waals surface area contributed by atoms with E-state index >= 15 is 0 Å². The van der Waals surface area contributed by atoms with E-state index in [1.165, 1.54) is 15.3 Å². The van der Waals surface area contributed by atoms with E-state index in [1.807, 2.05) is 63.2 Å². The molecule has 0 aliphatic heterocycles. The van der Waals surface area contributed by atoms with Crippen molar-refractivity contribution in [3.05, 3.63) is 73.0 Å². The van der Waals surface area contributed by atoms with Gasteiger partial charge in [0.25, 0.3) is 5.91 Å². The van der Waals surface area contributed by atoms with Crippen LogP contribution in [0, 0.1) is 17.4 Å². The third kappa shape index (κ3) is 8.24. The molecule has 0 saturated heterocycles. The van der Waals surface area contributed by atoms with Crippen molar-refractivity contribution < 1.29 is 14.3 Å². The smallest absolute Gasteiger partial charge is 0.250 e. The molecule has 3 rings (SSSR count). The molecule has 0 spiro atoms. The van der Waals surface area contributed by atoms with Crippen LogP contribution in [0.25, 0.3) is 0 Å². The summed E-state index contributed by atoms with van der Waals surface area (Å²) in [4.78, 5) is 20.8. The van der Waals surface area contributed by atoms with Crippen molar-refractivity contribution in [3.63, 3.8) is 0 Å². The fraction of sp³-hybridized carbons (Fsp3) is 0.250. The molecule has 1 N–H and O–H groups in total. The van der Waals surface area contributed by atoms with Gasteiger partial charge < -0.3 is 9.47 Å². The van der Waals surface area contributed by atoms with Gasteiger partial charge in [0, 0.05) is 15.0 Å². The molecule has 0 aliphatic rings. The molecule has 10 heteroatoms. The fourth-order valence-electron chi connectivity index (χ4n) is 2.90. The van der Waals surface area contributed by atoms with E-state index in [-0.39, 0.29) is 11.7 Å². The zero-order valence-electron chi connectivity index (χ0n) is 19.0. The Balaban J connectivity index is 1.61. The number of carbonyl (C=O) groups excluding carboxylic acids is 1. The predicted molar refractivity (Wildman–Crippen MR) is 147 cm³/mol. The lowest BCUT2D eigenvalue weighted by molar-refractivity contribution is -0.118. The Labute approximate surface area is 225 Å². The maximum absolute atomic E-state index is 12.2. The van der Waals surface area contributed by atoms with Gasteiger partial charge in [-0.3, -0.25) is 4.79 Å². The Morgan fingerprint density at radius 1 is 1.15 bits per heavy atom. The van der Waals surface area contributed by atoms with E-state index in [2.05, 4.69) is 59.0 Å². The van der Waals surface area contributed by atoms with Crippen LogP contribution in [-0.2, 0) is 11.4 Å². The maximum Gasteiger partial charge on any atom is 0.250 e. The number of ether oxygens (including phenoxy) is 2. The van der Waals surface area contributed by atoms with Gasteiger partial charge in [-0.05, 0) is 101 Å². The van der Waals surface area contributed by atoms with Crippen molar-refractivity contribution in [2.45, 2.75) is 32.5 Å². The minimum absolute atomic E-state index is 0.166. The van der Waals surface area contributed by atoms with E-state index in [0.29, 0.717) is 29.9 Å². The summed E-state index contributed by atoms with van der Waals surface area (Å²) in [6.07, 6.45) is 1.56. The average molecular weight is 655 g/mol. The van der Waals surface area contributed by atoms with Crippen molar-refractivity contribution >= 4 is 62.4 Å². The van der Waals surface area contributed by atoms with E-state index in [4.69, 9.17) is 9.47 Å². The number of aryl methyl sites for hydroxylation is 2. The van der Waals surface area contributed by atoms with Crippen molar-refractivity contribution in [2.24, 2.45) is 5.10 Å². The Kier molecular flexibility index (Phi) is 10.1. The lowest BCUT2D eigenvalue weighted by atomic mass is 10.2. The molecule has 178 valence electrons. The third-order valence-electron chi connectivity index (χ3n) is 4.33. The molecular formula is C24H24BrIN4O3S. The first kappa shape index (κ1) is 26.4. The molecule has 0 bridgehead atoms. The van der Waals surface area contributed by atoms with Crippen molar-refractivity contribution in [1.29, 1.82) is 0 Å². The lowest BCUT2D eigenvalue weighted by Crippen LogP contribution is -2.19. The number of rotatable bonds is 10. The van der Waals surface area contributed by atoms with E-state index in [0.717, 1.165) is 27.0 Å². The fourth-order valence-corrected chi connectivity index (χ4v) is 4.58. The van der Waals surface area contributed by atoms with E-state index < -0.39 is 0 Å². The van der Waals surface area contributed by atoms with Gasteiger partial charge in [-0.2, -0.15) is 5.10 Å². The number of thioether (sulfide) groups is 1. The summed E-state index contributed by atoms with van der Waals surface area (Å²) in [5.74, 6) is 1.13. The summed E-state index contributed by atoms with van der Waals surface area (Å²) in [7, 11) is 0. The zero-order chi connectivity index (χ0) is 24.5. The highest BCUT2D eigenvalue weighted by Gasteiger charge is 2.12. The Hall–Kier alpha value is -2.18. The number of hydrazone groups is 1. The number of nitrogens with zero attached hydrogens (tertiary/aromatic N) is 3. The van der Waals surface area contributed by atoms with Crippen molar-refractivity contribution in [1.82, 2.24) is 15.4 Å². The minimum atomic E-state index is -0.245. The highest BCUT2D eigenvalue weighted by Crippen LogP contribution is 2.37. The molecular weight excluding hydrogens is 631 g/mol. The topological polar surface area (TPSA) is 85.7 Å². The SMILES string of the molecule is CCOc1cc(/C=N\NC(=O)CSc2nc(C)cc(C)n2)cc(Br)c1OCc1ccc(I)cc1. The number of carbonyl (C=O) groups is 1. The first-order chi connectivity index (χ1) is 16.3. The quantitative estimate of drug-likeness (QED) is 0.0996. The van der Waals surface area contributed by atoms with Gasteiger partial charge in [-0.15, -0.1) is 0 Å². The summed E-state index contributed by atoms with van der Waals surface area (Å²) in [6, 6.07) is 13.7. The monoisotopic (exact) mass is 654 g/mol. The number of nitrogens with one attached hydrogen (secondary N) is 1. The molecule has 1 heterocycles. The number of aromatic nitrogens is 2. The largest absolute Gasteiger partial charge is 0.490 e. The van der Waals surface area contributed by atoms with Gasteiger partial charge in [0.05, 0.1) is 23.0 Å². The molecule has 0 aliphatic carbocycles. The first-order valence-corrected chi connectivity index (χ1v) is 13.3. The zero-order valence-corrected chi connectivity index (χ0v) is 23.5. The summed E-state index contributed by atoms with van der Waals surface area (Å²) in [6.45, 7) is 6.61. The number of hydrogen-bond acceptors (Lipinski definition) is 7. The van der Waals surface area contributed by atoms with Crippen LogP contribution in [0.2, 0.25) is 0 Å². The van der Waals surface area contributed by atoms with Gasteiger partial charge >= 0.3 is 0 Å². The molecule has 0 unspecified atom stereocenters. The Morgan fingerprint density at radius 2 is 1.85 bits per heavy atom. The predicted octanol–water partition coefficient (Wildman–Crippen LogP) is 5.68. The van der Waals surface area contributed by atoms with Gasteiger partial charge in [-0.1, -0.05) is 23.9 Å². The van der Waals surface area contributed by atoms with Crippen LogP contribution in [0.15, 0.2) is 57.2 Å². The molecule has 7 nitrogen and oxygen atoms in total. The van der Waals surface area contributed by atoms with Crippen LogP contribution < -0.4 is 14.9 Å². The number of benzene rings is 2. The maximum atomic E-state index is 12.2. The van der Waals surface area contributed by atoms with E-state index in [1.54, 1.807) is 6.21 Å². The molecule has 1 amide bonds. The van der Waals surface area contributed by atoms with Crippen LogP contribution in [0.5, 0.6) is 11.5 Å². The molecule has 34 heavy (non-hydrogen) atoms. The molecule has 3 aromatic rings. The highest BCUT2D eigenvalue weighted by atomic mass is 127. The Morgan fingerprint density at radius 3 is 2.53 bits per heavy atom. The summed E-state index contributed by atoms with van der Waals surface area (Å²) in [5.41, 5.74) is 6.09. The normalized spacial score (nSPS) is 11.0. The van der Waals surface area contributed by atoms with Gasteiger partial charge in [0.2, 0.25) is 0 Å². The second-order valence-electron chi connectivity index (χ2n) is 7.19. The minimum Gasteiger partial charge on any atom is -0.490 e. The molecule has 0 atom stereocenters. The first-order valence-electron chi connectivity index (χ1n) is 10.4. The second kappa shape index (κ2) is 13.1. The second-order valence-corrected chi connectivity index (χ2v) is 10.2. The third-order valence-corrected chi connectivity index (χ3v) is 6.48. The van der Waals surface area contributed by atoms with Crippen LogP contribution in [0.3, 0.4) is 0 Å². The summed E-state index contributed by atoms with van der Waals surface area (Å²) < 4.78 is 13.7. The summed E-state index contributed by atoms with van der Waals surface area (Å²) >= 11 is 7.10. The van der Waals surface area contributed by atoms with Gasteiger partial charge in [0.15, 0.2) is 16.7 Å².